The van der Waals surface area contributed by atoms with E-state index >= 15 is 0 Å². The molecule has 8 heavy (non-hydrogen) atoms. The molecule has 1 nitrogen and oxygen atoms in total. The normalized spacial score (nSPS) is 22.8. The van der Waals surface area contributed by atoms with Gasteiger partial charge in [-0.05, 0) is 26.1 Å². The fourth-order valence-electron chi connectivity index (χ4n) is 0.610. The molecule has 1 N–H and O–H groups in total. The van der Waals surface area contributed by atoms with Crippen LogP contribution in [-0.4, -0.2) is 5.54 Å². The van der Waals surface area contributed by atoms with Crippen molar-refractivity contribution in [1.82, 2.24) is 5.32 Å². The molecule has 1 unspecified atom stereocenters. The Kier molecular flexibility index (Phi) is 1.12. The monoisotopic (exact) mass is 108 g/mol. The number of rotatable bonds is 0. The molecular weight excluding hydrogens is 98.1 g/mol. The molecule has 0 aliphatic carbocycles. The first-order valence-electron chi connectivity index (χ1n) is 2.68. The first-order chi connectivity index (χ1) is 3.71. The molecule has 0 saturated heterocycles. The van der Waals surface area contributed by atoms with E-state index in [0.717, 1.165) is 0 Å². The summed E-state index contributed by atoms with van der Waals surface area (Å²) < 4.78 is 0. The van der Waals surface area contributed by atoms with E-state index < -0.39 is 0 Å². The minimum Gasteiger partial charge on any atom is -0.382 e. The van der Waals surface area contributed by atoms with Gasteiger partial charge in [0.05, 0.1) is 5.54 Å². The summed E-state index contributed by atoms with van der Waals surface area (Å²) >= 11 is 0. The maximum Gasteiger partial charge on any atom is 0.0526 e. The highest BCUT2D eigenvalue weighted by Crippen LogP contribution is 2.06. The van der Waals surface area contributed by atoms with Gasteiger partial charge in [-0.2, -0.15) is 0 Å². The van der Waals surface area contributed by atoms with Gasteiger partial charge in [0.2, 0.25) is 0 Å². The van der Waals surface area contributed by atoms with Crippen LogP contribution in [-0.2, 0) is 0 Å². The summed E-state index contributed by atoms with van der Waals surface area (Å²) in [4.78, 5) is 0. The summed E-state index contributed by atoms with van der Waals surface area (Å²) in [7, 11) is 0. The van der Waals surface area contributed by atoms with Gasteiger partial charge in [0.25, 0.3) is 0 Å². The number of dihydropyridines is 1. The smallest absolute Gasteiger partial charge is 0.0526 e. The molecule has 0 amide bonds. The third kappa shape index (κ3) is 1.12. The fourth-order valence-corrected chi connectivity index (χ4v) is 0.610. The molecule has 1 heteroatoms. The molecule has 1 aliphatic heterocycles. The van der Waals surface area contributed by atoms with E-state index in [1.54, 1.807) is 0 Å². The first-order valence-corrected chi connectivity index (χ1v) is 2.68. The zero-order valence-corrected chi connectivity index (χ0v) is 5.02. The highest BCUT2D eigenvalue weighted by atomic mass is 14.9. The molecule has 0 saturated carbocycles. The highest BCUT2D eigenvalue weighted by Gasteiger charge is 2.10. The Morgan fingerprint density at radius 3 is 2.50 bits per heavy atom. The zero-order valence-electron chi connectivity index (χ0n) is 5.02. The summed E-state index contributed by atoms with van der Waals surface area (Å²) in [6.07, 6.45) is 7.86. The van der Waals surface area contributed by atoms with Crippen molar-refractivity contribution in [2.75, 3.05) is 0 Å². The Morgan fingerprint density at radius 2 is 2.25 bits per heavy atom. The second kappa shape index (κ2) is 1.66. The molecule has 0 bridgehead atoms. The van der Waals surface area contributed by atoms with Crippen molar-refractivity contribution in [3.63, 3.8) is 0 Å². The third-order valence-electron chi connectivity index (χ3n) is 1.08. The van der Waals surface area contributed by atoms with Gasteiger partial charge in [0.1, 0.15) is 0 Å². The van der Waals surface area contributed by atoms with Gasteiger partial charge in [0, 0.05) is 0 Å². The van der Waals surface area contributed by atoms with E-state index in [9.17, 15) is 0 Å². The Bertz CT molecular complexity index is 131. The van der Waals surface area contributed by atoms with Crippen molar-refractivity contribution in [3.8, 4) is 0 Å². The maximum atomic E-state index is 3.88. The molecule has 0 fully saturated rings. The molecular formula is C7H10N. The first kappa shape index (κ1) is 5.42. The van der Waals surface area contributed by atoms with Crippen molar-refractivity contribution in [2.24, 2.45) is 0 Å². The number of hydrogen-bond acceptors (Lipinski definition) is 1. The SMILES string of the molecule is [CH2]C1(C)C=CC=CN1. The Labute approximate surface area is 50.1 Å². The molecule has 1 aliphatic rings. The van der Waals surface area contributed by atoms with Crippen LogP contribution in [0, 0.1) is 6.92 Å². The van der Waals surface area contributed by atoms with E-state index in [1.807, 2.05) is 31.4 Å². The molecule has 1 radical (unpaired) electrons. The van der Waals surface area contributed by atoms with E-state index in [4.69, 9.17) is 0 Å². The van der Waals surface area contributed by atoms with Gasteiger partial charge in [-0.15, -0.1) is 0 Å². The quantitative estimate of drug-likeness (QED) is 0.492. The Morgan fingerprint density at radius 1 is 1.50 bits per heavy atom. The van der Waals surface area contributed by atoms with Crippen LogP contribution in [0.1, 0.15) is 6.92 Å². The van der Waals surface area contributed by atoms with Crippen LogP contribution in [0.5, 0.6) is 0 Å². The van der Waals surface area contributed by atoms with E-state index in [0.29, 0.717) is 0 Å². The fraction of sp³-hybridized carbons (Fsp3) is 0.286. The summed E-state index contributed by atoms with van der Waals surface area (Å²) in [6, 6.07) is 0. The summed E-state index contributed by atoms with van der Waals surface area (Å²) in [5.74, 6) is 0. The molecule has 0 aromatic carbocycles. The van der Waals surface area contributed by atoms with Gasteiger partial charge in [-0.25, -0.2) is 0 Å². The van der Waals surface area contributed by atoms with Crippen molar-refractivity contribution in [3.05, 3.63) is 31.4 Å². The summed E-state index contributed by atoms with van der Waals surface area (Å²) in [5, 5.41) is 3.08. The van der Waals surface area contributed by atoms with Gasteiger partial charge < -0.3 is 5.32 Å². The van der Waals surface area contributed by atoms with Crippen LogP contribution in [0.25, 0.3) is 0 Å². The molecule has 43 valence electrons. The minimum atomic E-state index is -0.0885. The molecule has 1 heterocycles. The van der Waals surface area contributed by atoms with E-state index in [-0.39, 0.29) is 5.54 Å². The van der Waals surface area contributed by atoms with Gasteiger partial charge in [0.15, 0.2) is 0 Å². The van der Waals surface area contributed by atoms with Crippen LogP contribution < -0.4 is 5.32 Å². The number of allylic oxidation sites excluding steroid dienone is 2. The summed E-state index contributed by atoms with van der Waals surface area (Å²) in [5.41, 5.74) is -0.0885. The lowest BCUT2D eigenvalue weighted by Gasteiger charge is -2.22. The van der Waals surface area contributed by atoms with Crippen LogP contribution in [0.2, 0.25) is 0 Å². The number of hydrogen-bond donors (Lipinski definition) is 1. The standard InChI is InChI=1S/C7H10N/c1-7(2)5-3-4-6-8-7/h3-6,8H,1H2,2H3. The van der Waals surface area contributed by atoms with Gasteiger partial charge in [-0.1, -0.05) is 12.2 Å². The second-order valence-electron chi connectivity index (χ2n) is 2.28. The van der Waals surface area contributed by atoms with Crippen LogP contribution in [0.4, 0.5) is 0 Å². The van der Waals surface area contributed by atoms with Gasteiger partial charge >= 0.3 is 0 Å². The van der Waals surface area contributed by atoms with E-state index in [2.05, 4.69) is 12.2 Å². The van der Waals surface area contributed by atoms with Crippen molar-refractivity contribution in [2.45, 2.75) is 12.5 Å². The predicted molar refractivity (Wildman–Crippen MR) is 35.2 cm³/mol. The Balaban J connectivity index is 2.65. The van der Waals surface area contributed by atoms with Crippen LogP contribution >= 0.6 is 0 Å². The van der Waals surface area contributed by atoms with Gasteiger partial charge in [-0.3, -0.25) is 0 Å². The van der Waals surface area contributed by atoms with E-state index in [1.165, 1.54) is 0 Å². The molecule has 1 atom stereocenters. The van der Waals surface area contributed by atoms with Crippen LogP contribution in [0.15, 0.2) is 24.4 Å². The molecule has 1 rings (SSSR count). The molecule has 0 aromatic rings. The lowest BCUT2D eigenvalue weighted by Crippen LogP contribution is -2.34. The highest BCUT2D eigenvalue weighted by molar-refractivity contribution is 5.19. The molecule has 0 aromatic heterocycles. The predicted octanol–water partition coefficient (Wildman–Crippen LogP) is 1.25. The van der Waals surface area contributed by atoms with Crippen molar-refractivity contribution < 1.29 is 0 Å². The lowest BCUT2D eigenvalue weighted by atomic mass is 10.0. The maximum absolute atomic E-state index is 3.88. The van der Waals surface area contributed by atoms with Crippen molar-refractivity contribution in [1.29, 1.82) is 0 Å². The minimum absolute atomic E-state index is 0.0885. The average Bonchev–Trinajstić information content (AvgIpc) is 1.65. The topological polar surface area (TPSA) is 12.0 Å². The van der Waals surface area contributed by atoms with Crippen molar-refractivity contribution >= 4 is 0 Å². The third-order valence-corrected chi connectivity index (χ3v) is 1.08. The summed E-state index contributed by atoms with van der Waals surface area (Å²) in [6.45, 7) is 5.90. The Hall–Kier alpha value is -0.720. The zero-order chi connectivity index (χ0) is 6.04. The number of nitrogens with one attached hydrogen (secondary N) is 1. The largest absolute Gasteiger partial charge is 0.382 e. The average molecular weight is 108 g/mol. The second-order valence-corrected chi connectivity index (χ2v) is 2.28. The molecule has 0 spiro atoms. The lowest BCUT2D eigenvalue weighted by molar-refractivity contribution is 0.607. The van der Waals surface area contributed by atoms with Crippen LogP contribution in [0.3, 0.4) is 0 Å².